The molecule has 0 spiro atoms. The Balaban J connectivity index is 1.92. The Labute approximate surface area is 109 Å². The highest BCUT2D eigenvalue weighted by Gasteiger charge is 2.18. The van der Waals surface area contributed by atoms with Crippen LogP contribution < -0.4 is 4.90 Å². The molecule has 1 aromatic rings. The first kappa shape index (κ1) is 13.3. The zero-order valence-corrected chi connectivity index (χ0v) is 11.3. The second-order valence-corrected chi connectivity index (χ2v) is 5.27. The van der Waals surface area contributed by atoms with E-state index in [1.54, 1.807) is 0 Å². The zero-order valence-electron chi connectivity index (χ0n) is 11.3. The normalized spacial score (nSPS) is 17.9. The van der Waals surface area contributed by atoms with Crippen LogP contribution in [0.15, 0.2) is 18.2 Å². The fourth-order valence-electron chi connectivity index (χ4n) is 2.49. The Morgan fingerprint density at radius 3 is 2.78 bits per heavy atom. The number of hydrogen-bond donors (Lipinski definition) is 1. The first-order valence-corrected chi connectivity index (χ1v) is 6.65. The van der Waals surface area contributed by atoms with Crippen LogP contribution in [0.2, 0.25) is 0 Å². The molecule has 0 amide bonds. The summed E-state index contributed by atoms with van der Waals surface area (Å²) in [6.07, 6.45) is 2.53. The van der Waals surface area contributed by atoms with Gasteiger partial charge in [0.15, 0.2) is 0 Å². The molecule has 2 rings (SSSR count). The summed E-state index contributed by atoms with van der Waals surface area (Å²) in [5.74, 6) is 1.71. The summed E-state index contributed by atoms with van der Waals surface area (Å²) in [6, 6.07) is 5.82. The molecule has 0 aliphatic carbocycles. The Morgan fingerprint density at radius 2 is 2.11 bits per heavy atom. The fourth-order valence-corrected chi connectivity index (χ4v) is 2.49. The second kappa shape index (κ2) is 6.16. The standard InChI is InChI=1S/C14H23N3O/c1-16-8-6-12(7-9-16)10-17(2)14-5-3-4-13(11-18)15-14/h3-5,12,18H,6-11H2,1-2H3. The first-order chi connectivity index (χ1) is 8.69. The van der Waals surface area contributed by atoms with Gasteiger partial charge >= 0.3 is 0 Å². The molecule has 0 atom stereocenters. The van der Waals surface area contributed by atoms with Crippen LogP contribution in [0, 0.1) is 5.92 Å². The van der Waals surface area contributed by atoms with E-state index in [1.165, 1.54) is 25.9 Å². The van der Waals surface area contributed by atoms with Crippen molar-refractivity contribution in [2.45, 2.75) is 19.4 Å². The van der Waals surface area contributed by atoms with Crippen LogP contribution in [-0.2, 0) is 6.61 Å². The van der Waals surface area contributed by atoms with Crippen molar-refractivity contribution < 1.29 is 5.11 Å². The summed E-state index contributed by atoms with van der Waals surface area (Å²) in [4.78, 5) is 9.03. The van der Waals surface area contributed by atoms with E-state index in [-0.39, 0.29) is 6.61 Å². The molecule has 1 aliphatic heterocycles. The van der Waals surface area contributed by atoms with Gasteiger partial charge in [0, 0.05) is 13.6 Å². The van der Waals surface area contributed by atoms with Gasteiger partial charge in [-0.1, -0.05) is 6.07 Å². The Kier molecular flexibility index (Phi) is 4.55. The summed E-state index contributed by atoms with van der Waals surface area (Å²) in [5.41, 5.74) is 0.739. The van der Waals surface area contributed by atoms with Crippen molar-refractivity contribution in [2.75, 3.05) is 38.6 Å². The quantitative estimate of drug-likeness (QED) is 0.874. The molecule has 1 saturated heterocycles. The number of aliphatic hydroxyl groups excluding tert-OH is 1. The van der Waals surface area contributed by atoms with E-state index in [9.17, 15) is 0 Å². The van der Waals surface area contributed by atoms with Crippen LogP contribution in [0.3, 0.4) is 0 Å². The summed E-state index contributed by atoms with van der Waals surface area (Å²) < 4.78 is 0. The molecular formula is C14H23N3O. The third kappa shape index (κ3) is 3.43. The number of nitrogens with zero attached hydrogens (tertiary/aromatic N) is 3. The van der Waals surface area contributed by atoms with Gasteiger partial charge in [-0.2, -0.15) is 0 Å². The summed E-state index contributed by atoms with van der Waals surface area (Å²) in [6.45, 7) is 3.46. The van der Waals surface area contributed by atoms with Crippen LogP contribution in [0.25, 0.3) is 0 Å². The number of anilines is 1. The van der Waals surface area contributed by atoms with Gasteiger partial charge in [0.05, 0.1) is 12.3 Å². The molecule has 100 valence electrons. The third-order valence-electron chi connectivity index (χ3n) is 3.72. The van der Waals surface area contributed by atoms with Crippen LogP contribution in [0.5, 0.6) is 0 Å². The highest BCUT2D eigenvalue weighted by molar-refractivity contribution is 5.38. The summed E-state index contributed by atoms with van der Waals surface area (Å²) in [5, 5.41) is 9.11. The molecule has 0 unspecified atom stereocenters. The molecule has 0 aromatic carbocycles. The topological polar surface area (TPSA) is 39.6 Å². The van der Waals surface area contributed by atoms with Crippen molar-refractivity contribution in [2.24, 2.45) is 5.92 Å². The molecule has 1 aromatic heterocycles. The van der Waals surface area contributed by atoms with Gasteiger partial charge < -0.3 is 14.9 Å². The predicted octanol–water partition coefficient (Wildman–Crippen LogP) is 1.35. The van der Waals surface area contributed by atoms with Gasteiger partial charge in [-0.3, -0.25) is 0 Å². The van der Waals surface area contributed by atoms with Gasteiger partial charge in [0.1, 0.15) is 5.82 Å². The van der Waals surface area contributed by atoms with Crippen molar-refractivity contribution in [3.8, 4) is 0 Å². The average molecular weight is 249 g/mol. The Hall–Kier alpha value is -1.13. The lowest BCUT2D eigenvalue weighted by atomic mass is 9.97. The second-order valence-electron chi connectivity index (χ2n) is 5.27. The lowest BCUT2D eigenvalue weighted by Gasteiger charge is -2.32. The lowest BCUT2D eigenvalue weighted by molar-refractivity contribution is 0.222. The van der Waals surface area contributed by atoms with E-state index in [2.05, 4.69) is 28.9 Å². The number of rotatable bonds is 4. The SMILES string of the molecule is CN1CCC(CN(C)c2cccc(CO)n2)CC1. The van der Waals surface area contributed by atoms with Crippen molar-refractivity contribution in [1.29, 1.82) is 0 Å². The minimum Gasteiger partial charge on any atom is -0.390 e. The number of aliphatic hydroxyl groups is 1. The molecule has 1 aliphatic rings. The van der Waals surface area contributed by atoms with E-state index in [0.29, 0.717) is 0 Å². The number of likely N-dealkylation sites (tertiary alicyclic amines) is 1. The molecule has 1 N–H and O–H groups in total. The van der Waals surface area contributed by atoms with E-state index >= 15 is 0 Å². The molecule has 18 heavy (non-hydrogen) atoms. The number of pyridine rings is 1. The minimum atomic E-state index is 0.00982. The number of aromatic nitrogens is 1. The zero-order chi connectivity index (χ0) is 13.0. The molecule has 0 radical (unpaired) electrons. The van der Waals surface area contributed by atoms with Gasteiger partial charge in [-0.25, -0.2) is 4.98 Å². The summed E-state index contributed by atoms with van der Waals surface area (Å²) in [7, 11) is 4.27. The van der Waals surface area contributed by atoms with Crippen LogP contribution in [-0.4, -0.2) is 48.7 Å². The maximum atomic E-state index is 9.11. The van der Waals surface area contributed by atoms with Crippen molar-refractivity contribution >= 4 is 5.82 Å². The average Bonchev–Trinajstić information content (AvgIpc) is 2.41. The third-order valence-corrected chi connectivity index (χ3v) is 3.72. The smallest absolute Gasteiger partial charge is 0.128 e. The first-order valence-electron chi connectivity index (χ1n) is 6.65. The van der Waals surface area contributed by atoms with Gasteiger partial charge in [-0.05, 0) is 51.0 Å². The largest absolute Gasteiger partial charge is 0.390 e. The van der Waals surface area contributed by atoms with E-state index in [1.807, 2.05) is 18.2 Å². The molecule has 4 nitrogen and oxygen atoms in total. The fraction of sp³-hybridized carbons (Fsp3) is 0.643. The monoisotopic (exact) mass is 249 g/mol. The van der Waals surface area contributed by atoms with Gasteiger partial charge in [-0.15, -0.1) is 0 Å². The Bertz CT molecular complexity index is 375. The number of hydrogen-bond acceptors (Lipinski definition) is 4. The molecule has 2 heterocycles. The molecule has 0 saturated carbocycles. The van der Waals surface area contributed by atoms with Crippen LogP contribution >= 0.6 is 0 Å². The molecule has 1 fully saturated rings. The van der Waals surface area contributed by atoms with Crippen LogP contribution in [0.4, 0.5) is 5.82 Å². The lowest BCUT2D eigenvalue weighted by Crippen LogP contribution is -2.36. The molecule has 0 bridgehead atoms. The molecular weight excluding hydrogens is 226 g/mol. The van der Waals surface area contributed by atoms with E-state index in [0.717, 1.165) is 24.0 Å². The highest BCUT2D eigenvalue weighted by Crippen LogP contribution is 2.19. The highest BCUT2D eigenvalue weighted by atomic mass is 16.3. The minimum absolute atomic E-state index is 0.00982. The van der Waals surface area contributed by atoms with Gasteiger partial charge in [0.25, 0.3) is 0 Å². The van der Waals surface area contributed by atoms with Crippen LogP contribution in [0.1, 0.15) is 18.5 Å². The molecule has 4 heteroatoms. The van der Waals surface area contributed by atoms with Gasteiger partial charge in [0.2, 0.25) is 0 Å². The Morgan fingerprint density at radius 1 is 1.39 bits per heavy atom. The predicted molar refractivity (Wildman–Crippen MR) is 73.7 cm³/mol. The van der Waals surface area contributed by atoms with Crippen molar-refractivity contribution in [3.63, 3.8) is 0 Å². The van der Waals surface area contributed by atoms with Crippen molar-refractivity contribution in [3.05, 3.63) is 23.9 Å². The maximum Gasteiger partial charge on any atom is 0.128 e. The van der Waals surface area contributed by atoms with E-state index < -0.39 is 0 Å². The number of piperidine rings is 1. The van der Waals surface area contributed by atoms with Crippen molar-refractivity contribution in [1.82, 2.24) is 9.88 Å². The maximum absolute atomic E-state index is 9.11. The van der Waals surface area contributed by atoms with E-state index in [4.69, 9.17) is 5.11 Å². The summed E-state index contributed by atoms with van der Waals surface area (Å²) >= 11 is 0.